The van der Waals surface area contributed by atoms with Crippen molar-refractivity contribution in [2.45, 2.75) is 105 Å². The van der Waals surface area contributed by atoms with Gasteiger partial charge < -0.3 is 20.3 Å². The summed E-state index contributed by atoms with van der Waals surface area (Å²) in [5.41, 5.74) is 1.53. The average molecular weight is 610 g/mol. The largest absolute Gasteiger partial charge is 0.444 e. The summed E-state index contributed by atoms with van der Waals surface area (Å²) in [7, 11) is 0. The molecule has 0 radical (unpaired) electrons. The molecule has 234 valence electrons. The highest BCUT2D eigenvalue weighted by atomic mass is 35.5. The molecule has 2 N–H and O–H groups in total. The van der Waals surface area contributed by atoms with E-state index in [9.17, 15) is 14.4 Å². The minimum absolute atomic E-state index is 0.288. The van der Waals surface area contributed by atoms with E-state index in [0.29, 0.717) is 34.8 Å². The molecule has 0 aliphatic heterocycles. The first kappa shape index (κ1) is 35.7. The van der Waals surface area contributed by atoms with Gasteiger partial charge in [-0.15, -0.1) is 6.42 Å². The molecule has 0 saturated carbocycles. The van der Waals surface area contributed by atoms with Crippen LogP contribution < -0.4 is 10.6 Å². The highest BCUT2D eigenvalue weighted by Gasteiger charge is 2.38. The number of nitrogens with one attached hydrogen (secondary N) is 2. The number of para-hydroxylation sites is 1. The van der Waals surface area contributed by atoms with Gasteiger partial charge in [-0.2, -0.15) is 0 Å². The van der Waals surface area contributed by atoms with Gasteiger partial charge in [0.05, 0.1) is 10.7 Å². The first-order valence-corrected chi connectivity index (χ1v) is 15.6. The Hall–Kier alpha value is -3.50. The third-order valence-corrected chi connectivity index (χ3v) is 7.40. The second-order valence-corrected chi connectivity index (χ2v) is 12.6. The molecule has 0 fully saturated rings. The Labute approximate surface area is 263 Å². The number of benzene rings is 2. The van der Waals surface area contributed by atoms with E-state index in [0.717, 1.165) is 37.7 Å². The van der Waals surface area contributed by atoms with E-state index < -0.39 is 35.6 Å². The molecule has 2 aromatic carbocycles. The summed E-state index contributed by atoms with van der Waals surface area (Å²) in [6.45, 7) is 13.3. The highest BCUT2D eigenvalue weighted by molar-refractivity contribution is 6.34. The van der Waals surface area contributed by atoms with Gasteiger partial charge in [-0.3, -0.25) is 9.59 Å². The number of hydrogen-bond donors (Lipinski definition) is 2. The lowest BCUT2D eigenvalue weighted by atomic mass is 9.95. The smallest absolute Gasteiger partial charge is 0.408 e. The maximum absolute atomic E-state index is 14.5. The van der Waals surface area contributed by atoms with E-state index in [1.807, 2.05) is 32.9 Å². The molecule has 8 heteroatoms. The zero-order valence-electron chi connectivity index (χ0n) is 26.8. The summed E-state index contributed by atoms with van der Waals surface area (Å²) in [6.07, 6.45) is 11.2. The molecular formula is C35H48ClN3O4. The van der Waals surface area contributed by atoms with E-state index in [-0.39, 0.29) is 5.92 Å². The van der Waals surface area contributed by atoms with Crippen LogP contribution in [0.15, 0.2) is 42.5 Å². The van der Waals surface area contributed by atoms with E-state index in [4.69, 9.17) is 22.8 Å². The van der Waals surface area contributed by atoms with Gasteiger partial charge in [-0.05, 0) is 63.3 Å². The van der Waals surface area contributed by atoms with E-state index in [1.54, 1.807) is 56.0 Å². The van der Waals surface area contributed by atoms with Crippen molar-refractivity contribution >= 4 is 35.2 Å². The molecule has 0 aromatic heterocycles. The number of amides is 3. The number of carbonyl (C=O) groups is 3. The lowest BCUT2D eigenvalue weighted by Gasteiger charge is -2.36. The van der Waals surface area contributed by atoms with Crippen molar-refractivity contribution in [3.8, 4) is 12.3 Å². The van der Waals surface area contributed by atoms with Crippen molar-refractivity contribution < 1.29 is 19.1 Å². The van der Waals surface area contributed by atoms with Gasteiger partial charge in [0, 0.05) is 12.1 Å². The standard InChI is InChI=1S/C35H48ClN3O4/c1-9-11-12-13-14-17-23-39(33(41)29(24(3)4)38-34(42)43-35(6,7)8)31(27-21-16-15-20-26(27)10-2)32(40)37-30-25(5)19-18-22-28(30)36/h2,15-16,18-22,24,29,31H,9,11-14,17,23H2,1,3-8H3,(H,37,40)(H,38,42). The maximum Gasteiger partial charge on any atom is 0.408 e. The number of halogens is 1. The highest BCUT2D eigenvalue weighted by Crippen LogP contribution is 2.31. The van der Waals surface area contributed by atoms with Crippen molar-refractivity contribution in [1.29, 1.82) is 0 Å². The summed E-state index contributed by atoms with van der Waals surface area (Å²) in [4.78, 5) is 43.1. The Morgan fingerprint density at radius 3 is 2.26 bits per heavy atom. The van der Waals surface area contributed by atoms with Crippen LogP contribution in [0.2, 0.25) is 5.02 Å². The number of rotatable bonds is 14. The Bertz CT molecular complexity index is 1260. The third kappa shape index (κ3) is 10.9. The molecular weight excluding hydrogens is 562 g/mol. The molecule has 0 bridgehead atoms. The molecule has 2 aromatic rings. The topological polar surface area (TPSA) is 87.7 Å². The van der Waals surface area contributed by atoms with E-state index >= 15 is 0 Å². The van der Waals surface area contributed by atoms with Crippen LogP contribution in [0.4, 0.5) is 10.5 Å². The van der Waals surface area contributed by atoms with Crippen LogP contribution in [0.25, 0.3) is 0 Å². The second kappa shape index (κ2) is 17.0. The average Bonchev–Trinajstić information content (AvgIpc) is 2.93. The van der Waals surface area contributed by atoms with Crippen LogP contribution in [-0.2, 0) is 14.3 Å². The monoisotopic (exact) mass is 609 g/mol. The fourth-order valence-electron chi connectivity index (χ4n) is 4.86. The summed E-state index contributed by atoms with van der Waals surface area (Å²) >= 11 is 6.48. The molecule has 7 nitrogen and oxygen atoms in total. The number of terminal acetylenes is 1. The molecule has 2 atom stereocenters. The van der Waals surface area contributed by atoms with E-state index in [2.05, 4.69) is 23.5 Å². The Kier molecular flexibility index (Phi) is 14.1. The predicted molar refractivity (Wildman–Crippen MR) is 175 cm³/mol. The van der Waals surface area contributed by atoms with Crippen molar-refractivity contribution in [3.05, 3.63) is 64.2 Å². The van der Waals surface area contributed by atoms with Gasteiger partial charge in [0.1, 0.15) is 17.7 Å². The number of anilines is 1. The molecule has 0 heterocycles. The normalized spacial score (nSPS) is 12.7. The first-order valence-electron chi connectivity index (χ1n) is 15.2. The number of carbonyl (C=O) groups excluding carboxylic acids is 3. The Balaban J connectivity index is 2.60. The van der Waals surface area contributed by atoms with Crippen molar-refractivity contribution in [1.82, 2.24) is 10.2 Å². The molecule has 43 heavy (non-hydrogen) atoms. The van der Waals surface area contributed by atoms with Crippen LogP contribution in [-0.4, -0.2) is 41.0 Å². The second-order valence-electron chi connectivity index (χ2n) is 12.2. The zero-order chi connectivity index (χ0) is 32.2. The molecule has 3 amide bonds. The van der Waals surface area contributed by atoms with Crippen LogP contribution in [0.5, 0.6) is 0 Å². The fraction of sp³-hybridized carbons (Fsp3) is 0.514. The van der Waals surface area contributed by atoms with Gasteiger partial charge in [0.25, 0.3) is 5.91 Å². The summed E-state index contributed by atoms with van der Waals surface area (Å²) in [6, 6.07) is 10.5. The zero-order valence-corrected chi connectivity index (χ0v) is 27.5. The molecule has 0 aliphatic rings. The Morgan fingerprint density at radius 2 is 1.65 bits per heavy atom. The Morgan fingerprint density at radius 1 is 1.00 bits per heavy atom. The van der Waals surface area contributed by atoms with Crippen LogP contribution in [0, 0.1) is 25.2 Å². The lowest BCUT2D eigenvalue weighted by molar-refractivity contribution is -0.141. The predicted octanol–water partition coefficient (Wildman–Crippen LogP) is 8.05. The minimum Gasteiger partial charge on any atom is -0.444 e. The van der Waals surface area contributed by atoms with Gasteiger partial charge in [-0.1, -0.05) is 101 Å². The summed E-state index contributed by atoms with van der Waals surface area (Å²) in [5, 5.41) is 6.13. The van der Waals surface area contributed by atoms with Crippen LogP contribution in [0.3, 0.4) is 0 Å². The number of hydrogen-bond acceptors (Lipinski definition) is 4. The summed E-state index contributed by atoms with van der Waals surface area (Å²) in [5.74, 6) is 1.55. The molecule has 0 saturated heterocycles. The van der Waals surface area contributed by atoms with Crippen molar-refractivity contribution in [2.75, 3.05) is 11.9 Å². The number of ether oxygens (including phenoxy) is 1. The number of nitrogens with zero attached hydrogens (tertiary/aromatic N) is 1. The third-order valence-electron chi connectivity index (χ3n) is 7.08. The summed E-state index contributed by atoms with van der Waals surface area (Å²) < 4.78 is 5.48. The molecule has 2 unspecified atom stereocenters. The fourth-order valence-corrected chi connectivity index (χ4v) is 5.12. The van der Waals surface area contributed by atoms with Crippen molar-refractivity contribution in [2.24, 2.45) is 5.92 Å². The van der Waals surface area contributed by atoms with Crippen LogP contribution >= 0.6 is 11.6 Å². The number of aryl methyl sites for hydroxylation is 1. The quantitative estimate of drug-likeness (QED) is 0.168. The minimum atomic E-state index is -1.08. The van der Waals surface area contributed by atoms with E-state index in [1.165, 1.54) is 0 Å². The molecule has 0 spiro atoms. The van der Waals surface area contributed by atoms with Gasteiger partial charge in [0.2, 0.25) is 5.91 Å². The van der Waals surface area contributed by atoms with Crippen LogP contribution in [0.1, 0.15) is 103 Å². The first-order chi connectivity index (χ1) is 20.3. The SMILES string of the molecule is C#Cc1ccccc1C(C(=O)Nc1c(C)cccc1Cl)N(CCCCCCCC)C(=O)C(NC(=O)OC(C)(C)C)C(C)C. The van der Waals surface area contributed by atoms with Crippen molar-refractivity contribution in [3.63, 3.8) is 0 Å². The number of alkyl carbamates (subject to hydrolysis) is 1. The van der Waals surface area contributed by atoms with Gasteiger partial charge in [-0.25, -0.2) is 4.79 Å². The maximum atomic E-state index is 14.5. The van der Waals surface area contributed by atoms with Gasteiger partial charge >= 0.3 is 6.09 Å². The molecule has 2 rings (SSSR count). The number of unbranched alkanes of at least 4 members (excludes halogenated alkanes) is 5. The van der Waals surface area contributed by atoms with Gasteiger partial charge in [0.15, 0.2) is 0 Å². The lowest BCUT2D eigenvalue weighted by Crippen LogP contribution is -2.54. The molecule has 0 aliphatic carbocycles.